The average molecular weight is 1800 g/mol. The van der Waals surface area contributed by atoms with Gasteiger partial charge in [0, 0.05) is 44.5 Å². The van der Waals surface area contributed by atoms with Crippen LogP contribution < -0.4 is 125 Å². The van der Waals surface area contributed by atoms with Crippen molar-refractivity contribution in [1.29, 1.82) is 10.8 Å². The Kier molecular flexibility index (Phi) is 49.6. The maximum Gasteiger partial charge on any atom is 0.326 e. The van der Waals surface area contributed by atoms with E-state index in [0.29, 0.717) is 0 Å². The van der Waals surface area contributed by atoms with Gasteiger partial charge in [0.1, 0.15) is 78.5 Å². The molecule has 15 atom stereocenters. The minimum Gasteiger partial charge on any atom is -0.481 e. The number of non-ortho nitro benzene ring substituents is 1. The lowest BCUT2D eigenvalue weighted by molar-refractivity contribution is -0.384. The first-order chi connectivity index (χ1) is 59.3. The lowest BCUT2D eigenvalue weighted by Gasteiger charge is -2.29. The molecule has 0 spiro atoms. The number of guanidine groups is 2. The van der Waals surface area contributed by atoms with Gasteiger partial charge in [-0.15, -0.1) is 0 Å². The van der Waals surface area contributed by atoms with Crippen molar-refractivity contribution in [2.45, 2.75) is 237 Å². The minimum absolute atomic E-state index is 0.0176. The monoisotopic (exact) mass is 1800 g/mol. The van der Waals surface area contributed by atoms with Gasteiger partial charge in [0.2, 0.25) is 106 Å². The third-order valence-electron chi connectivity index (χ3n) is 19.1. The highest BCUT2D eigenvalue weighted by Gasteiger charge is 2.40. The SMILES string of the molecule is CC[C@H](C)[C@H](NC(=O)[C@H](C)NC(=O)[C@H](CC(C)C)NC(=O)[C@H](CCC(N)=O)NC(=O)[C@H](CCCNC(=N)N)NC(=O)CNC(=O)[C@@H](NC(=O)[C@H](CCC(N)=O)NC(=O)CN)C(C)C)C(=O)N[C@@H](Cc1ccc([N+](=O)[O-])cc1)C(=O)NCC(=O)N[C@@H](CC(=O)O)C(=O)N[C@@H](CC(=O)O)C(=O)N[C@H](C(=O)N[C@@H](CC(N)=O)C(=O)N[C@@H](CCCNC(=N)N)C(=O)O)[C@@H](C)CC. The summed E-state index contributed by atoms with van der Waals surface area (Å²) in [5.74, 6) is -28.3. The average Bonchev–Trinajstić information content (AvgIpc) is 0.830. The van der Waals surface area contributed by atoms with Crippen LogP contribution >= 0.6 is 0 Å². The summed E-state index contributed by atoms with van der Waals surface area (Å²) in [6, 6.07) is -17.4. The second kappa shape index (κ2) is 56.7. The predicted molar refractivity (Wildman–Crippen MR) is 447 cm³/mol. The summed E-state index contributed by atoms with van der Waals surface area (Å²) in [4.78, 5) is 291. The van der Waals surface area contributed by atoms with Gasteiger partial charge in [0.15, 0.2) is 11.9 Å². The van der Waals surface area contributed by atoms with Crippen LogP contribution in [0.5, 0.6) is 0 Å². The standard InChI is InChI=1S/C75H122N26O26/c1-10-36(7)59(99-61(112)38(9)88-66(117)45(26-34(3)4)94-64(115)43(21-23-51(78)103)92-63(114)41(14-12-24-84-74(80)81)90-54(106)33-87-70(121)58(35(5)6)98-65(116)42(20-22-50(77)102)89-53(105)31-76)71(122)96-46(27-39-16-18-40(19-17-39)101(126)127)62(113)86-32-55(107)91-48(29-56(108)109)68(119)95-49(30-57(110)111)69(120)100-60(37(8)11-2)72(123)97-47(28-52(79)104)67(118)93-44(73(124)125)15-13-25-85-75(82)83/h16-19,34-38,41-49,58-60H,10-15,20-33,76H2,1-9H3,(H2,77,102)(H2,78,103)(H2,79,104)(H,86,113)(H,87,121)(H,88,117)(H,89,105)(H,90,106)(H,91,107)(H,92,114)(H,93,118)(H,94,115)(H,95,119)(H,96,122)(H,97,123)(H,98,116)(H,99,112)(H,100,120)(H,108,109)(H,110,111)(H,124,125)(H4,80,81,84)(H4,82,83,85)/t36-,37-,38-,41-,42-,43-,44-,45-,46-,47-,48-,49-,58-,59-,60-/m0/s1. The highest BCUT2D eigenvalue weighted by atomic mass is 16.6. The number of hydrogen-bond acceptors (Lipinski definition) is 26. The first kappa shape index (κ1) is 111. The first-order valence-electron chi connectivity index (χ1n) is 40.4. The van der Waals surface area contributed by atoms with Gasteiger partial charge < -0.3 is 140 Å². The van der Waals surface area contributed by atoms with Crippen LogP contribution in [0.15, 0.2) is 24.3 Å². The number of nitro groups is 1. The van der Waals surface area contributed by atoms with Gasteiger partial charge >= 0.3 is 17.9 Å². The number of nitro benzene ring substituents is 1. The fraction of sp³-hybridized carbons (Fsp3) is 0.613. The Morgan fingerprint density at radius 3 is 1.19 bits per heavy atom. The zero-order valence-corrected chi connectivity index (χ0v) is 71.9. The molecule has 0 saturated carbocycles. The fourth-order valence-electron chi connectivity index (χ4n) is 11.8. The van der Waals surface area contributed by atoms with E-state index < -0.39 is 307 Å². The Labute approximate surface area is 729 Å². The molecule has 34 N–H and O–H groups in total. The number of carboxylic acids is 3. The molecule has 1 aromatic rings. The van der Waals surface area contributed by atoms with Gasteiger partial charge in [-0.3, -0.25) is 117 Å². The van der Waals surface area contributed by atoms with Crippen LogP contribution in [0.2, 0.25) is 0 Å². The Hall–Kier alpha value is -14.0. The van der Waals surface area contributed by atoms with E-state index in [1.807, 2.05) is 10.6 Å². The van der Waals surface area contributed by atoms with Crippen molar-refractivity contribution in [2.24, 2.45) is 58.1 Å². The van der Waals surface area contributed by atoms with Crippen LogP contribution in [0.25, 0.3) is 0 Å². The fourth-order valence-corrected chi connectivity index (χ4v) is 11.8. The highest BCUT2D eigenvalue weighted by molar-refractivity contribution is 6.02. The van der Waals surface area contributed by atoms with E-state index >= 15 is 0 Å². The lowest BCUT2D eigenvalue weighted by atomic mass is 9.96. The van der Waals surface area contributed by atoms with Gasteiger partial charge in [-0.2, -0.15) is 0 Å². The van der Waals surface area contributed by atoms with Crippen molar-refractivity contribution in [3.05, 3.63) is 39.9 Å². The van der Waals surface area contributed by atoms with E-state index in [9.17, 15) is 126 Å². The molecule has 1 aromatic carbocycles. The molecule has 0 radical (unpaired) electrons. The molecule has 52 nitrogen and oxygen atoms in total. The molecule has 0 aliphatic heterocycles. The molecular weight excluding hydrogens is 1680 g/mol. The number of nitrogens with zero attached hydrogens (tertiary/aromatic N) is 1. The van der Waals surface area contributed by atoms with Crippen LogP contribution in [-0.4, -0.2) is 268 Å². The van der Waals surface area contributed by atoms with E-state index in [1.165, 1.54) is 53.7 Å². The molecule has 1 rings (SSSR count). The van der Waals surface area contributed by atoms with Crippen molar-refractivity contribution < 1.29 is 121 Å². The van der Waals surface area contributed by atoms with Gasteiger partial charge in [-0.1, -0.05) is 80.4 Å². The minimum atomic E-state index is -2.19. The molecule has 0 aliphatic rings. The van der Waals surface area contributed by atoms with E-state index in [1.54, 1.807) is 20.8 Å². The summed E-state index contributed by atoms with van der Waals surface area (Å²) in [7, 11) is 0. The molecule has 0 unspecified atom stereocenters. The number of nitrogens with two attached hydrogens (primary N) is 6. The second-order valence-corrected chi connectivity index (χ2v) is 30.5. The van der Waals surface area contributed by atoms with Crippen molar-refractivity contribution >= 4 is 142 Å². The predicted octanol–water partition coefficient (Wildman–Crippen LogP) is -9.59. The molecule has 0 fully saturated rings. The number of nitrogens with one attached hydrogen (secondary N) is 19. The quantitative estimate of drug-likeness (QED) is 0.00947. The topological polar surface area (TPSA) is 871 Å². The molecule has 708 valence electrons. The molecule has 18 amide bonds. The number of amides is 18. The number of hydrogen-bond donors (Lipinski definition) is 28. The number of carbonyl (C=O) groups excluding carboxylic acids is 18. The molecular formula is C75H122N26O26. The van der Waals surface area contributed by atoms with Crippen molar-refractivity contribution in [3.63, 3.8) is 0 Å². The number of carbonyl (C=O) groups is 21. The van der Waals surface area contributed by atoms with Crippen molar-refractivity contribution in [2.75, 3.05) is 32.7 Å². The van der Waals surface area contributed by atoms with Gasteiger partial charge in [-0.05, 0) is 81.1 Å². The summed E-state index contributed by atoms with van der Waals surface area (Å²) in [6.45, 7) is 11.2. The zero-order chi connectivity index (χ0) is 96.8. The van der Waals surface area contributed by atoms with Crippen molar-refractivity contribution in [3.8, 4) is 0 Å². The number of rotatable bonds is 61. The van der Waals surface area contributed by atoms with E-state index in [4.69, 9.17) is 45.2 Å². The Morgan fingerprint density at radius 2 is 0.756 bits per heavy atom. The number of aliphatic carboxylic acids is 3. The molecule has 0 bridgehead atoms. The summed E-state index contributed by atoms with van der Waals surface area (Å²) in [6.07, 6.45) is -5.96. The molecule has 0 aliphatic carbocycles. The van der Waals surface area contributed by atoms with Crippen molar-refractivity contribution in [1.82, 2.24) is 90.4 Å². The van der Waals surface area contributed by atoms with Crippen LogP contribution in [0, 0.1) is 44.6 Å². The number of primary amides is 3. The third-order valence-corrected chi connectivity index (χ3v) is 19.1. The van der Waals surface area contributed by atoms with E-state index in [2.05, 4.69) is 79.8 Å². The molecule has 0 heterocycles. The summed E-state index contributed by atoms with van der Waals surface area (Å²) < 4.78 is 0. The highest BCUT2D eigenvalue weighted by Crippen LogP contribution is 2.18. The normalized spacial score (nSPS) is 14.5. The summed E-state index contributed by atoms with van der Waals surface area (Å²) in [5.41, 5.74) is 31.9. The van der Waals surface area contributed by atoms with Crippen LogP contribution in [0.4, 0.5) is 5.69 Å². The van der Waals surface area contributed by atoms with Crippen LogP contribution in [0.1, 0.15) is 158 Å². The molecule has 0 saturated heterocycles. The Morgan fingerprint density at radius 1 is 0.394 bits per heavy atom. The summed E-state index contributed by atoms with van der Waals surface area (Å²) >= 11 is 0. The van der Waals surface area contributed by atoms with Gasteiger partial charge in [-0.25, -0.2) is 4.79 Å². The van der Waals surface area contributed by atoms with Gasteiger partial charge in [0.25, 0.3) is 5.69 Å². The summed E-state index contributed by atoms with van der Waals surface area (Å²) in [5, 5.41) is 95.8. The number of benzene rings is 1. The zero-order valence-electron chi connectivity index (χ0n) is 71.9. The maximum absolute atomic E-state index is 14.6. The molecule has 52 heteroatoms. The van der Waals surface area contributed by atoms with Gasteiger partial charge in [0.05, 0.1) is 43.8 Å². The lowest BCUT2D eigenvalue weighted by Crippen LogP contribution is -2.61. The largest absolute Gasteiger partial charge is 0.481 e. The first-order valence-corrected chi connectivity index (χ1v) is 40.4. The number of carboxylic acid groups (broad SMARTS) is 3. The second-order valence-electron chi connectivity index (χ2n) is 30.5. The molecule has 0 aromatic heterocycles. The van der Waals surface area contributed by atoms with E-state index in [-0.39, 0.29) is 76.4 Å². The van der Waals surface area contributed by atoms with E-state index in [0.717, 1.165) is 12.1 Å². The Bertz CT molecular complexity index is 4100. The molecule has 127 heavy (non-hydrogen) atoms. The maximum atomic E-state index is 14.6. The van der Waals surface area contributed by atoms with Crippen LogP contribution in [0.3, 0.4) is 0 Å². The van der Waals surface area contributed by atoms with Crippen LogP contribution in [-0.2, 0) is 107 Å². The third kappa shape index (κ3) is 43.7. The smallest absolute Gasteiger partial charge is 0.326 e. The Balaban J connectivity index is 3.62.